The van der Waals surface area contributed by atoms with Crippen molar-refractivity contribution in [2.24, 2.45) is 0 Å². The fraction of sp³-hybridized carbons (Fsp3) is 0.214. The zero-order chi connectivity index (χ0) is 14.6. The Kier molecular flexibility index (Phi) is 4.24. The molecule has 0 bridgehead atoms. The van der Waals surface area contributed by atoms with Gasteiger partial charge in [-0.1, -0.05) is 12.1 Å². The number of aryl methyl sites for hydroxylation is 2. The third kappa shape index (κ3) is 3.71. The molecule has 1 aromatic heterocycles. The number of aromatic nitrogens is 1. The predicted octanol–water partition coefficient (Wildman–Crippen LogP) is 2.08. The number of nitrogens with one attached hydrogen (secondary N) is 1. The largest absolute Gasteiger partial charge is 0.506 e. The molecule has 0 aliphatic carbocycles. The molecule has 1 heterocycles. The van der Waals surface area contributed by atoms with Crippen LogP contribution in [0.15, 0.2) is 42.7 Å². The normalized spacial score (nSPS) is 11.2. The molecule has 0 fully saturated rings. The van der Waals surface area contributed by atoms with E-state index in [0.29, 0.717) is 12.0 Å². The van der Waals surface area contributed by atoms with Crippen molar-refractivity contribution >= 4 is 15.7 Å². The third-order valence-corrected chi connectivity index (χ3v) is 4.17. The quantitative estimate of drug-likeness (QED) is 0.827. The number of pyridine rings is 1. The van der Waals surface area contributed by atoms with Crippen LogP contribution >= 0.6 is 0 Å². The molecule has 0 saturated heterocycles. The number of nitrogens with zero attached hydrogens (tertiary/aromatic N) is 1. The van der Waals surface area contributed by atoms with Crippen LogP contribution in [0, 0.1) is 6.92 Å². The maximum atomic E-state index is 12.0. The highest BCUT2D eigenvalue weighted by Gasteiger charge is 2.14. The number of anilines is 1. The van der Waals surface area contributed by atoms with Gasteiger partial charge in [0.1, 0.15) is 5.75 Å². The van der Waals surface area contributed by atoms with Crippen LogP contribution in [0.1, 0.15) is 11.1 Å². The average Bonchev–Trinajstić information content (AvgIpc) is 2.42. The molecular formula is C14H16N2O3S. The van der Waals surface area contributed by atoms with Crippen LogP contribution in [-0.4, -0.2) is 24.3 Å². The molecule has 0 spiro atoms. The second kappa shape index (κ2) is 5.92. The maximum Gasteiger partial charge on any atom is 0.233 e. The number of phenolic OH excluding ortho intramolecular Hbond substituents is 1. The SMILES string of the molecule is Cc1cccc(O)c1NS(=O)(=O)CCc1ccncc1. The van der Waals surface area contributed by atoms with Gasteiger partial charge < -0.3 is 5.11 Å². The van der Waals surface area contributed by atoms with E-state index in [1.807, 2.05) is 0 Å². The van der Waals surface area contributed by atoms with Gasteiger partial charge in [0.05, 0.1) is 11.4 Å². The first-order valence-electron chi connectivity index (χ1n) is 6.16. The van der Waals surface area contributed by atoms with E-state index in [1.165, 1.54) is 6.07 Å². The summed E-state index contributed by atoms with van der Waals surface area (Å²) in [6.45, 7) is 1.74. The lowest BCUT2D eigenvalue weighted by Gasteiger charge is -2.12. The first-order valence-corrected chi connectivity index (χ1v) is 7.81. The number of benzene rings is 1. The Morgan fingerprint density at radius 1 is 1.20 bits per heavy atom. The number of hydrogen-bond acceptors (Lipinski definition) is 4. The summed E-state index contributed by atoms with van der Waals surface area (Å²) in [5, 5.41) is 9.70. The van der Waals surface area contributed by atoms with Crippen molar-refractivity contribution in [1.82, 2.24) is 4.98 Å². The molecule has 2 N–H and O–H groups in total. The highest BCUT2D eigenvalue weighted by Crippen LogP contribution is 2.27. The van der Waals surface area contributed by atoms with Crippen LogP contribution in [0.4, 0.5) is 5.69 Å². The molecule has 1 aromatic carbocycles. The highest BCUT2D eigenvalue weighted by molar-refractivity contribution is 7.92. The molecule has 0 atom stereocenters. The van der Waals surface area contributed by atoms with Crippen LogP contribution < -0.4 is 4.72 Å². The molecule has 5 nitrogen and oxygen atoms in total. The standard InChI is InChI=1S/C14H16N2O3S/c1-11-3-2-4-13(17)14(11)16-20(18,19)10-7-12-5-8-15-9-6-12/h2-6,8-9,16-17H,7,10H2,1H3. The van der Waals surface area contributed by atoms with Gasteiger partial charge in [0.2, 0.25) is 10.0 Å². The van der Waals surface area contributed by atoms with Gasteiger partial charge in [-0.15, -0.1) is 0 Å². The molecule has 0 saturated carbocycles. The van der Waals surface area contributed by atoms with E-state index in [0.717, 1.165) is 5.56 Å². The zero-order valence-corrected chi connectivity index (χ0v) is 11.9. The van der Waals surface area contributed by atoms with Crippen LogP contribution in [0.3, 0.4) is 0 Å². The number of phenols is 1. The summed E-state index contributed by atoms with van der Waals surface area (Å²) in [4.78, 5) is 3.88. The van der Waals surface area contributed by atoms with Crippen molar-refractivity contribution in [1.29, 1.82) is 0 Å². The summed E-state index contributed by atoms with van der Waals surface area (Å²) in [5.41, 5.74) is 1.82. The van der Waals surface area contributed by atoms with E-state index in [1.54, 1.807) is 43.6 Å². The Bertz CT molecular complexity index is 665. The van der Waals surface area contributed by atoms with Gasteiger partial charge in [-0.3, -0.25) is 9.71 Å². The van der Waals surface area contributed by atoms with Crippen molar-refractivity contribution in [2.75, 3.05) is 10.5 Å². The third-order valence-electron chi connectivity index (χ3n) is 2.92. The molecule has 6 heteroatoms. The molecule has 20 heavy (non-hydrogen) atoms. The fourth-order valence-corrected chi connectivity index (χ4v) is 2.98. The van der Waals surface area contributed by atoms with E-state index < -0.39 is 10.0 Å². The maximum absolute atomic E-state index is 12.0. The molecule has 2 rings (SSSR count). The number of hydrogen-bond donors (Lipinski definition) is 2. The lowest BCUT2D eigenvalue weighted by Crippen LogP contribution is -2.18. The van der Waals surface area contributed by atoms with Crippen LogP contribution in [0.5, 0.6) is 5.75 Å². The van der Waals surface area contributed by atoms with Crippen LogP contribution in [-0.2, 0) is 16.4 Å². The fourth-order valence-electron chi connectivity index (χ4n) is 1.79. The summed E-state index contributed by atoms with van der Waals surface area (Å²) >= 11 is 0. The topological polar surface area (TPSA) is 79.3 Å². The Morgan fingerprint density at radius 2 is 1.90 bits per heavy atom. The summed E-state index contributed by atoms with van der Waals surface area (Å²) in [5.74, 6) is -0.123. The minimum absolute atomic E-state index is 0.0508. The Hall–Kier alpha value is -2.08. The molecule has 0 aliphatic heterocycles. The number of sulfonamides is 1. The zero-order valence-electron chi connectivity index (χ0n) is 11.1. The number of rotatable bonds is 5. The second-order valence-corrected chi connectivity index (χ2v) is 6.34. The monoisotopic (exact) mass is 292 g/mol. The highest BCUT2D eigenvalue weighted by atomic mass is 32.2. The summed E-state index contributed by atoms with van der Waals surface area (Å²) in [6.07, 6.45) is 3.65. The van der Waals surface area contributed by atoms with Gasteiger partial charge in [0.15, 0.2) is 0 Å². The van der Waals surface area contributed by atoms with Crippen LogP contribution in [0.2, 0.25) is 0 Å². The number of para-hydroxylation sites is 1. The van der Waals surface area contributed by atoms with E-state index in [2.05, 4.69) is 9.71 Å². The van der Waals surface area contributed by atoms with E-state index in [9.17, 15) is 13.5 Å². The Balaban J connectivity index is 2.08. The first kappa shape index (κ1) is 14.3. The van der Waals surface area contributed by atoms with Gasteiger partial charge in [0.25, 0.3) is 0 Å². The van der Waals surface area contributed by atoms with Gasteiger partial charge in [-0.2, -0.15) is 0 Å². The molecular weight excluding hydrogens is 276 g/mol. The molecule has 2 aromatic rings. The summed E-state index contributed by atoms with van der Waals surface area (Å²) < 4.78 is 26.5. The first-order chi connectivity index (χ1) is 9.48. The molecule has 0 aliphatic rings. The number of aromatic hydroxyl groups is 1. The van der Waals surface area contributed by atoms with Gasteiger partial charge in [-0.25, -0.2) is 8.42 Å². The van der Waals surface area contributed by atoms with E-state index in [4.69, 9.17) is 0 Å². The van der Waals surface area contributed by atoms with Crippen molar-refractivity contribution in [2.45, 2.75) is 13.3 Å². The van der Waals surface area contributed by atoms with Gasteiger partial charge in [0, 0.05) is 12.4 Å². The van der Waals surface area contributed by atoms with Crippen molar-refractivity contribution in [3.05, 3.63) is 53.9 Å². The molecule has 0 unspecified atom stereocenters. The van der Waals surface area contributed by atoms with Gasteiger partial charge >= 0.3 is 0 Å². The minimum atomic E-state index is -3.51. The Morgan fingerprint density at radius 3 is 2.55 bits per heavy atom. The Labute approximate surface area is 118 Å². The van der Waals surface area contributed by atoms with Crippen molar-refractivity contribution in [3.8, 4) is 5.75 Å². The molecule has 0 radical (unpaired) electrons. The molecule has 106 valence electrons. The summed E-state index contributed by atoms with van der Waals surface area (Å²) in [7, 11) is -3.51. The predicted molar refractivity (Wildman–Crippen MR) is 78.2 cm³/mol. The molecule has 0 amide bonds. The van der Waals surface area contributed by atoms with Crippen LogP contribution in [0.25, 0.3) is 0 Å². The van der Waals surface area contributed by atoms with Crippen molar-refractivity contribution in [3.63, 3.8) is 0 Å². The minimum Gasteiger partial charge on any atom is -0.506 e. The summed E-state index contributed by atoms with van der Waals surface area (Å²) in [6, 6.07) is 8.41. The second-order valence-electron chi connectivity index (χ2n) is 4.50. The lowest BCUT2D eigenvalue weighted by molar-refractivity contribution is 0.477. The lowest BCUT2D eigenvalue weighted by atomic mass is 10.2. The van der Waals surface area contributed by atoms with Gasteiger partial charge in [-0.05, 0) is 42.7 Å². The smallest absolute Gasteiger partial charge is 0.233 e. The van der Waals surface area contributed by atoms with E-state index >= 15 is 0 Å². The van der Waals surface area contributed by atoms with E-state index in [-0.39, 0.29) is 17.2 Å². The van der Waals surface area contributed by atoms with Crippen molar-refractivity contribution < 1.29 is 13.5 Å². The average molecular weight is 292 g/mol.